The van der Waals surface area contributed by atoms with Crippen LogP contribution in [0.1, 0.15) is 97.8 Å². The van der Waals surface area contributed by atoms with E-state index in [-0.39, 0.29) is 74.1 Å². The Morgan fingerprint density at radius 1 is 0.778 bits per heavy atom. The Morgan fingerprint density at radius 2 is 1.46 bits per heavy atom. The fourth-order valence-electron chi connectivity index (χ4n) is 11.5. The average molecular weight is 767 g/mol. The predicted molar refractivity (Wildman–Crippen MR) is 195 cm³/mol. The maximum atomic E-state index is 13.3. The van der Waals surface area contributed by atoms with Crippen LogP contribution in [0.2, 0.25) is 0 Å². The molecular weight excluding hydrogens is 704 g/mol. The first kappa shape index (κ1) is 43.2. The van der Waals surface area contributed by atoms with Gasteiger partial charge in [0.2, 0.25) is 5.91 Å². The number of aliphatic carboxylic acids is 4. The second-order valence-corrected chi connectivity index (χ2v) is 17.1. The SMILES string of the molecule is CC(CCC(=O)O)[C@H]1CCC2C3CC[C@@H]4C[C@@H](NC(=O)CC[C@@H](C(=O)O)N(CCNC(=O)O)CCN(CC(=O)O)CC(=O)O)CC[C@]4(C)C3C[C@H](O)[C@@]21C. The first-order valence-electron chi connectivity index (χ1n) is 19.7. The normalized spacial score (nSPS) is 32.8. The van der Waals surface area contributed by atoms with Gasteiger partial charge in [0.25, 0.3) is 0 Å². The van der Waals surface area contributed by atoms with Crippen molar-refractivity contribution >= 4 is 35.9 Å². The number of carbonyl (C=O) groups excluding carboxylic acids is 1. The molecule has 4 aliphatic rings. The molecule has 16 nitrogen and oxygen atoms in total. The quantitative estimate of drug-likeness (QED) is 0.0887. The molecule has 0 radical (unpaired) electrons. The third-order valence-electron chi connectivity index (χ3n) is 14.2. The standard InChI is InChI=1S/C38H62N4O12/c1-22(4-11-32(45)46)26-7-8-27-25-6-5-23-18-24(12-13-37(23,2)28(25)19-30(43)38(26,27)3)40-31(44)10-9-29(35(51)52)42(15-14-39-36(53)54)17-16-41(20-33(47)48)21-34(49)50/h22-30,39,43H,4-21H2,1-3H3,(H,40,44)(H,45,46)(H,47,48)(H,49,50)(H,51,52)(H,53,54)/t22?,23-,24+,25?,26-,27?,28?,29+,30+,37+,38-/m1/s1. The van der Waals surface area contributed by atoms with Crippen molar-refractivity contribution in [2.45, 2.75) is 116 Å². The second-order valence-electron chi connectivity index (χ2n) is 17.1. The Bertz CT molecular complexity index is 1370. The van der Waals surface area contributed by atoms with Crippen LogP contribution >= 0.6 is 0 Å². The fraction of sp³-hybridized carbons (Fsp3) is 0.842. The number of aliphatic hydroxyl groups excluding tert-OH is 1. The number of hydrogen-bond donors (Lipinski definition) is 8. The highest BCUT2D eigenvalue weighted by atomic mass is 16.4. The molecule has 306 valence electrons. The molecule has 0 spiro atoms. The van der Waals surface area contributed by atoms with Gasteiger partial charge < -0.3 is 41.3 Å². The summed E-state index contributed by atoms with van der Waals surface area (Å²) >= 11 is 0. The van der Waals surface area contributed by atoms with E-state index in [1.807, 2.05) is 0 Å². The van der Waals surface area contributed by atoms with Crippen molar-refractivity contribution in [3.63, 3.8) is 0 Å². The smallest absolute Gasteiger partial charge is 0.404 e. The summed E-state index contributed by atoms with van der Waals surface area (Å²) in [5.41, 5.74) is -0.201. The molecule has 0 saturated heterocycles. The molecule has 0 heterocycles. The number of hydrogen-bond acceptors (Lipinski definition) is 9. The Balaban J connectivity index is 1.35. The molecule has 0 bridgehead atoms. The predicted octanol–water partition coefficient (Wildman–Crippen LogP) is 2.88. The first-order valence-corrected chi connectivity index (χ1v) is 19.7. The van der Waals surface area contributed by atoms with Gasteiger partial charge in [-0.25, -0.2) is 4.79 Å². The van der Waals surface area contributed by atoms with E-state index in [1.165, 1.54) is 4.90 Å². The first-order chi connectivity index (χ1) is 25.4. The third-order valence-corrected chi connectivity index (χ3v) is 14.2. The lowest BCUT2D eigenvalue weighted by atomic mass is 9.43. The topological polar surface area (TPSA) is 254 Å². The molecular formula is C38H62N4O12. The molecule has 4 fully saturated rings. The highest BCUT2D eigenvalue weighted by molar-refractivity contribution is 5.78. The maximum absolute atomic E-state index is 13.3. The van der Waals surface area contributed by atoms with Gasteiger partial charge in [-0.05, 0) is 111 Å². The molecule has 0 aliphatic heterocycles. The van der Waals surface area contributed by atoms with Crippen LogP contribution in [0.25, 0.3) is 0 Å². The minimum atomic E-state index is -1.30. The van der Waals surface area contributed by atoms with E-state index < -0.39 is 55.2 Å². The van der Waals surface area contributed by atoms with E-state index in [1.54, 1.807) is 0 Å². The number of amides is 2. The number of aliphatic hydroxyl groups is 1. The molecule has 4 aliphatic carbocycles. The summed E-state index contributed by atoms with van der Waals surface area (Å²) < 4.78 is 0. The largest absolute Gasteiger partial charge is 0.481 e. The Labute approximate surface area is 317 Å². The van der Waals surface area contributed by atoms with E-state index in [0.29, 0.717) is 36.0 Å². The molecule has 16 heteroatoms. The fourth-order valence-corrected chi connectivity index (χ4v) is 11.5. The summed E-state index contributed by atoms with van der Waals surface area (Å²) in [6.45, 7) is 5.26. The summed E-state index contributed by atoms with van der Waals surface area (Å²) in [5, 5.41) is 64.0. The number of fused-ring (bicyclic) bond motifs is 5. The van der Waals surface area contributed by atoms with E-state index in [2.05, 4.69) is 31.4 Å². The number of nitrogens with one attached hydrogen (secondary N) is 2. The number of rotatable bonds is 20. The molecule has 0 aromatic rings. The Kier molecular flexibility index (Phi) is 14.7. The molecule has 4 rings (SSSR count). The average Bonchev–Trinajstić information content (AvgIpc) is 3.44. The van der Waals surface area contributed by atoms with Crippen LogP contribution in [-0.2, 0) is 24.0 Å². The van der Waals surface area contributed by atoms with E-state index in [9.17, 15) is 54.3 Å². The van der Waals surface area contributed by atoms with Gasteiger partial charge in [-0.3, -0.25) is 33.8 Å². The summed E-state index contributed by atoms with van der Waals surface area (Å²) in [4.78, 5) is 73.2. The van der Waals surface area contributed by atoms with Crippen molar-refractivity contribution < 1.29 is 59.4 Å². The zero-order valence-electron chi connectivity index (χ0n) is 32.0. The third kappa shape index (κ3) is 10.2. The molecule has 4 unspecified atom stereocenters. The molecule has 0 aromatic heterocycles. The van der Waals surface area contributed by atoms with Gasteiger partial charge in [-0.15, -0.1) is 0 Å². The number of carbonyl (C=O) groups is 6. The van der Waals surface area contributed by atoms with Crippen molar-refractivity contribution in [3.05, 3.63) is 0 Å². The van der Waals surface area contributed by atoms with Crippen LogP contribution in [0.15, 0.2) is 0 Å². The molecule has 8 N–H and O–H groups in total. The summed E-state index contributed by atoms with van der Waals surface area (Å²) in [6.07, 6.45) is 6.23. The van der Waals surface area contributed by atoms with Crippen LogP contribution in [0.5, 0.6) is 0 Å². The van der Waals surface area contributed by atoms with Crippen molar-refractivity contribution in [3.8, 4) is 0 Å². The van der Waals surface area contributed by atoms with E-state index >= 15 is 0 Å². The highest BCUT2D eigenvalue weighted by Crippen LogP contribution is 2.68. The zero-order chi connectivity index (χ0) is 40.0. The minimum Gasteiger partial charge on any atom is -0.481 e. The Hall–Kier alpha value is -3.50. The molecule has 2 amide bonds. The van der Waals surface area contributed by atoms with Crippen LogP contribution in [0, 0.1) is 46.3 Å². The summed E-state index contributed by atoms with van der Waals surface area (Å²) in [5.74, 6) is -2.64. The lowest BCUT2D eigenvalue weighted by Gasteiger charge is -2.62. The summed E-state index contributed by atoms with van der Waals surface area (Å²) in [6, 6.07) is -1.27. The van der Waals surface area contributed by atoms with Crippen LogP contribution in [-0.4, -0.2) is 134 Å². The van der Waals surface area contributed by atoms with Crippen molar-refractivity contribution in [1.82, 2.24) is 20.4 Å². The number of nitrogens with zero attached hydrogens (tertiary/aromatic N) is 2. The van der Waals surface area contributed by atoms with Gasteiger partial charge in [0.05, 0.1) is 19.2 Å². The van der Waals surface area contributed by atoms with Crippen molar-refractivity contribution in [2.75, 3.05) is 39.3 Å². The van der Waals surface area contributed by atoms with Crippen LogP contribution in [0.3, 0.4) is 0 Å². The summed E-state index contributed by atoms with van der Waals surface area (Å²) in [7, 11) is 0. The van der Waals surface area contributed by atoms with E-state index in [0.717, 1.165) is 56.3 Å². The van der Waals surface area contributed by atoms with Crippen molar-refractivity contribution in [2.24, 2.45) is 46.3 Å². The number of carboxylic acids is 4. The van der Waals surface area contributed by atoms with Gasteiger partial charge in [-0.2, -0.15) is 0 Å². The molecule has 0 aromatic carbocycles. The van der Waals surface area contributed by atoms with Crippen LogP contribution < -0.4 is 10.6 Å². The zero-order valence-corrected chi connectivity index (χ0v) is 32.0. The monoisotopic (exact) mass is 766 g/mol. The lowest BCUT2D eigenvalue weighted by Crippen LogP contribution is -2.59. The van der Waals surface area contributed by atoms with Gasteiger partial charge >= 0.3 is 30.0 Å². The number of carboxylic acid groups (broad SMARTS) is 5. The van der Waals surface area contributed by atoms with Gasteiger partial charge in [0.1, 0.15) is 6.04 Å². The Morgan fingerprint density at radius 3 is 2.07 bits per heavy atom. The highest BCUT2D eigenvalue weighted by Gasteiger charge is 2.63. The van der Waals surface area contributed by atoms with Crippen LogP contribution in [0.4, 0.5) is 4.79 Å². The lowest BCUT2D eigenvalue weighted by molar-refractivity contribution is -0.170. The molecule has 11 atom stereocenters. The minimum absolute atomic E-state index is 0.0213. The van der Waals surface area contributed by atoms with Gasteiger partial charge in [-0.1, -0.05) is 20.8 Å². The van der Waals surface area contributed by atoms with Gasteiger partial charge in [0, 0.05) is 45.1 Å². The van der Waals surface area contributed by atoms with Crippen molar-refractivity contribution in [1.29, 1.82) is 0 Å². The molecule has 4 saturated carbocycles. The maximum Gasteiger partial charge on any atom is 0.404 e. The second kappa shape index (κ2) is 18.4. The van der Waals surface area contributed by atoms with E-state index in [4.69, 9.17) is 5.11 Å². The molecule has 54 heavy (non-hydrogen) atoms. The van der Waals surface area contributed by atoms with Gasteiger partial charge in [0.15, 0.2) is 0 Å².